The van der Waals surface area contributed by atoms with Crippen molar-refractivity contribution in [1.82, 2.24) is 4.90 Å². The summed E-state index contributed by atoms with van der Waals surface area (Å²) in [5, 5.41) is 9.19. The Morgan fingerprint density at radius 1 is 1.48 bits per heavy atom. The summed E-state index contributed by atoms with van der Waals surface area (Å²) in [4.78, 5) is 13.4. The number of methoxy groups -OCH3 is 1. The SMILES string of the molecule is COc1ccc(CN2CCCC(C(=O)O)C2)c(C(C)C)c1. The maximum Gasteiger partial charge on any atom is 0.307 e. The summed E-state index contributed by atoms with van der Waals surface area (Å²) in [6, 6.07) is 6.19. The minimum absolute atomic E-state index is 0.223. The summed E-state index contributed by atoms with van der Waals surface area (Å²) >= 11 is 0. The second-order valence-electron chi connectivity index (χ2n) is 6.13. The van der Waals surface area contributed by atoms with Crippen molar-refractivity contribution in [3.8, 4) is 5.75 Å². The molecule has 1 fully saturated rings. The fourth-order valence-corrected chi connectivity index (χ4v) is 3.02. The Balaban J connectivity index is 2.13. The van der Waals surface area contributed by atoms with E-state index < -0.39 is 5.97 Å². The van der Waals surface area contributed by atoms with E-state index in [1.165, 1.54) is 11.1 Å². The van der Waals surface area contributed by atoms with Crippen LogP contribution in [0.3, 0.4) is 0 Å². The topological polar surface area (TPSA) is 49.8 Å². The van der Waals surface area contributed by atoms with Gasteiger partial charge in [0.05, 0.1) is 13.0 Å². The van der Waals surface area contributed by atoms with Crippen LogP contribution in [0.25, 0.3) is 0 Å². The molecule has 0 bridgehead atoms. The van der Waals surface area contributed by atoms with Gasteiger partial charge >= 0.3 is 5.97 Å². The Hall–Kier alpha value is -1.55. The van der Waals surface area contributed by atoms with Crippen molar-refractivity contribution in [2.45, 2.75) is 39.2 Å². The lowest BCUT2D eigenvalue weighted by Crippen LogP contribution is -2.38. The molecule has 0 radical (unpaired) electrons. The summed E-state index contributed by atoms with van der Waals surface area (Å²) in [5.74, 6) is 0.415. The van der Waals surface area contributed by atoms with Gasteiger partial charge in [-0.2, -0.15) is 0 Å². The van der Waals surface area contributed by atoms with Crippen LogP contribution in [0.15, 0.2) is 18.2 Å². The Morgan fingerprint density at radius 2 is 2.24 bits per heavy atom. The minimum Gasteiger partial charge on any atom is -0.497 e. The molecule has 0 amide bonds. The Labute approximate surface area is 126 Å². The fraction of sp³-hybridized carbons (Fsp3) is 0.588. The van der Waals surface area contributed by atoms with Crippen LogP contribution >= 0.6 is 0 Å². The normalized spacial score (nSPS) is 19.7. The fourth-order valence-electron chi connectivity index (χ4n) is 3.02. The highest BCUT2D eigenvalue weighted by Crippen LogP contribution is 2.27. The predicted molar refractivity (Wildman–Crippen MR) is 82.7 cm³/mol. The molecule has 2 rings (SSSR count). The molecule has 0 saturated carbocycles. The maximum absolute atomic E-state index is 11.2. The van der Waals surface area contributed by atoms with Crippen LogP contribution in [0, 0.1) is 5.92 Å². The van der Waals surface area contributed by atoms with Crippen molar-refractivity contribution in [2.75, 3.05) is 20.2 Å². The molecule has 1 N–H and O–H groups in total. The van der Waals surface area contributed by atoms with E-state index in [9.17, 15) is 9.90 Å². The van der Waals surface area contributed by atoms with Crippen molar-refractivity contribution < 1.29 is 14.6 Å². The number of piperidine rings is 1. The van der Waals surface area contributed by atoms with Crippen molar-refractivity contribution in [1.29, 1.82) is 0 Å². The number of rotatable bonds is 5. The first-order chi connectivity index (χ1) is 10.0. The minimum atomic E-state index is -0.668. The standard InChI is InChI=1S/C17H25NO3/c1-12(2)16-9-15(21-3)7-6-13(16)10-18-8-4-5-14(11-18)17(19)20/h6-7,9,12,14H,4-5,8,10-11H2,1-3H3,(H,19,20). The number of likely N-dealkylation sites (tertiary alicyclic amines) is 1. The third kappa shape index (κ3) is 3.97. The van der Waals surface area contributed by atoms with Gasteiger partial charge in [-0.05, 0) is 48.6 Å². The van der Waals surface area contributed by atoms with Crippen molar-refractivity contribution >= 4 is 5.97 Å². The zero-order valence-corrected chi connectivity index (χ0v) is 13.1. The average Bonchev–Trinajstić information content (AvgIpc) is 2.47. The molecule has 0 spiro atoms. The molecular formula is C17H25NO3. The highest BCUT2D eigenvalue weighted by Gasteiger charge is 2.25. The number of hydrogen-bond acceptors (Lipinski definition) is 3. The number of aliphatic carboxylic acids is 1. The average molecular weight is 291 g/mol. The number of carbonyl (C=O) groups is 1. The van der Waals surface area contributed by atoms with Crippen LogP contribution in [0.4, 0.5) is 0 Å². The second kappa shape index (κ2) is 6.94. The molecule has 1 aliphatic rings. The van der Waals surface area contributed by atoms with Gasteiger partial charge in [-0.15, -0.1) is 0 Å². The Bertz CT molecular complexity index is 499. The number of hydrogen-bond donors (Lipinski definition) is 1. The molecule has 4 heteroatoms. The molecular weight excluding hydrogens is 266 g/mol. The monoisotopic (exact) mass is 291 g/mol. The van der Waals surface area contributed by atoms with Gasteiger partial charge < -0.3 is 9.84 Å². The van der Waals surface area contributed by atoms with Gasteiger partial charge in [0.25, 0.3) is 0 Å². The Morgan fingerprint density at radius 3 is 2.86 bits per heavy atom. The van der Waals surface area contributed by atoms with Gasteiger partial charge in [0.15, 0.2) is 0 Å². The summed E-state index contributed by atoms with van der Waals surface area (Å²) in [6.45, 7) is 6.80. The van der Waals surface area contributed by atoms with Gasteiger partial charge in [0.1, 0.15) is 5.75 Å². The van der Waals surface area contributed by atoms with Crippen molar-refractivity contribution in [3.63, 3.8) is 0 Å². The Kier molecular flexibility index (Phi) is 5.23. The predicted octanol–water partition coefficient (Wildman–Crippen LogP) is 3.12. The first-order valence-corrected chi connectivity index (χ1v) is 7.63. The van der Waals surface area contributed by atoms with E-state index >= 15 is 0 Å². The van der Waals surface area contributed by atoms with Crippen LogP contribution in [-0.4, -0.2) is 36.2 Å². The van der Waals surface area contributed by atoms with E-state index in [0.29, 0.717) is 12.5 Å². The lowest BCUT2D eigenvalue weighted by molar-refractivity contribution is -0.143. The van der Waals surface area contributed by atoms with Crippen LogP contribution < -0.4 is 4.74 Å². The molecule has 4 nitrogen and oxygen atoms in total. The molecule has 1 aliphatic heterocycles. The quantitative estimate of drug-likeness (QED) is 0.905. The van der Waals surface area contributed by atoms with Gasteiger partial charge in [0, 0.05) is 13.1 Å². The molecule has 0 aliphatic carbocycles. The summed E-state index contributed by atoms with van der Waals surface area (Å²) in [5.41, 5.74) is 2.56. The van der Waals surface area contributed by atoms with E-state index in [2.05, 4.69) is 30.9 Å². The van der Waals surface area contributed by atoms with Gasteiger partial charge in [-0.25, -0.2) is 0 Å². The molecule has 1 unspecified atom stereocenters. The van der Waals surface area contributed by atoms with Crippen molar-refractivity contribution in [2.24, 2.45) is 5.92 Å². The van der Waals surface area contributed by atoms with Gasteiger partial charge in [-0.3, -0.25) is 9.69 Å². The van der Waals surface area contributed by atoms with Crippen molar-refractivity contribution in [3.05, 3.63) is 29.3 Å². The lowest BCUT2D eigenvalue weighted by Gasteiger charge is -2.31. The zero-order chi connectivity index (χ0) is 15.4. The maximum atomic E-state index is 11.2. The third-order valence-corrected chi connectivity index (χ3v) is 4.22. The third-order valence-electron chi connectivity index (χ3n) is 4.22. The first-order valence-electron chi connectivity index (χ1n) is 7.63. The van der Waals surface area contributed by atoms with E-state index in [4.69, 9.17) is 4.74 Å². The number of carboxylic acid groups (broad SMARTS) is 1. The second-order valence-corrected chi connectivity index (χ2v) is 6.13. The smallest absolute Gasteiger partial charge is 0.307 e. The number of benzene rings is 1. The highest BCUT2D eigenvalue weighted by atomic mass is 16.5. The molecule has 1 aromatic carbocycles. The van der Waals surface area contributed by atoms with Crippen LogP contribution in [0.2, 0.25) is 0 Å². The van der Waals surface area contributed by atoms with Crippen LogP contribution in [0.1, 0.15) is 43.7 Å². The van der Waals surface area contributed by atoms with Crippen LogP contribution in [-0.2, 0) is 11.3 Å². The molecule has 0 aromatic heterocycles. The highest BCUT2D eigenvalue weighted by molar-refractivity contribution is 5.70. The van der Waals surface area contributed by atoms with E-state index in [1.807, 2.05) is 6.07 Å². The molecule has 1 aromatic rings. The van der Waals surface area contributed by atoms with Gasteiger partial charge in [-0.1, -0.05) is 19.9 Å². The number of nitrogens with zero attached hydrogens (tertiary/aromatic N) is 1. The summed E-state index contributed by atoms with van der Waals surface area (Å²) in [7, 11) is 1.68. The summed E-state index contributed by atoms with van der Waals surface area (Å²) in [6.07, 6.45) is 1.76. The van der Waals surface area contributed by atoms with E-state index in [0.717, 1.165) is 31.7 Å². The molecule has 1 atom stereocenters. The molecule has 21 heavy (non-hydrogen) atoms. The summed E-state index contributed by atoms with van der Waals surface area (Å²) < 4.78 is 5.31. The largest absolute Gasteiger partial charge is 0.497 e. The zero-order valence-electron chi connectivity index (χ0n) is 13.1. The first kappa shape index (κ1) is 15.8. The number of carboxylic acids is 1. The molecule has 1 saturated heterocycles. The number of ether oxygens (including phenoxy) is 1. The van der Waals surface area contributed by atoms with E-state index in [1.54, 1.807) is 7.11 Å². The van der Waals surface area contributed by atoms with Gasteiger partial charge in [0.2, 0.25) is 0 Å². The van der Waals surface area contributed by atoms with Crippen LogP contribution in [0.5, 0.6) is 5.75 Å². The van der Waals surface area contributed by atoms with E-state index in [-0.39, 0.29) is 5.92 Å². The molecule has 1 heterocycles. The molecule has 116 valence electrons. The lowest BCUT2D eigenvalue weighted by atomic mass is 9.94.